The van der Waals surface area contributed by atoms with E-state index in [1.54, 1.807) is 12.2 Å². The van der Waals surface area contributed by atoms with Crippen LogP contribution in [-0.4, -0.2) is 15.3 Å². The Morgan fingerprint density at radius 2 is 0.766 bits per heavy atom. The first-order valence-electron chi connectivity index (χ1n) is 17.1. The van der Waals surface area contributed by atoms with Crippen molar-refractivity contribution in [3.05, 3.63) is 99.6 Å². The summed E-state index contributed by atoms with van der Waals surface area (Å²) in [4.78, 5) is 0. The highest BCUT2D eigenvalue weighted by atomic mass is 16.3. The molecular weight excluding hydrogens is 576 g/mol. The smallest absolute Gasteiger partial charge is 0.126 e. The highest BCUT2D eigenvalue weighted by Crippen LogP contribution is 2.52. The first kappa shape index (κ1) is 38.0. The van der Waals surface area contributed by atoms with Crippen LogP contribution in [0.4, 0.5) is 0 Å². The molecule has 3 aromatic carbocycles. The lowest BCUT2D eigenvalue weighted by Gasteiger charge is -2.39. The lowest BCUT2D eigenvalue weighted by Crippen LogP contribution is -2.30. The van der Waals surface area contributed by atoms with Crippen LogP contribution in [-0.2, 0) is 27.1 Å². The number of aromatic hydroxyl groups is 3. The molecule has 0 aliphatic carbocycles. The zero-order valence-corrected chi connectivity index (χ0v) is 32.0. The second-order valence-electron chi connectivity index (χ2n) is 18.0. The molecule has 0 saturated carbocycles. The first-order chi connectivity index (χ1) is 21.2. The molecule has 0 bridgehead atoms. The quantitative estimate of drug-likeness (QED) is 0.230. The molecule has 0 amide bonds. The molecule has 3 aromatic rings. The van der Waals surface area contributed by atoms with Crippen molar-refractivity contribution >= 4 is 12.2 Å². The van der Waals surface area contributed by atoms with Gasteiger partial charge in [-0.05, 0) is 68.0 Å². The first-order valence-corrected chi connectivity index (χ1v) is 17.1. The van der Waals surface area contributed by atoms with E-state index in [2.05, 4.69) is 141 Å². The second kappa shape index (κ2) is 12.5. The van der Waals surface area contributed by atoms with Crippen LogP contribution in [0, 0.1) is 0 Å². The van der Waals surface area contributed by atoms with E-state index < -0.39 is 10.8 Å². The van der Waals surface area contributed by atoms with E-state index in [4.69, 9.17) is 0 Å². The predicted octanol–water partition coefficient (Wildman–Crippen LogP) is 12.1. The molecule has 3 heteroatoms. The average Bonchev–Trinajstić information content (AvgIpc) is 2.94. The normalized spacial score (nSPS) is 14.5. The van der Waals surface area contributed by atoms with Crippen molar-refractivity contribution in [1.29, 1.82) is 0 Å². The number of benzene rings is 3. The van der Waals surface area contributed by atoms with E-state index in [-0.39, 0.29) is 45.3 Å². The van der Waals surface area contributed by atoms with E-state index in [1.807, 2.05) is 12.1 Å². The Kier molecular flexibility index (Phi) is 10.1. The molecule has 0 radical (unpaired) electrons. The molecule has 47 heavy (non-hydrogen) atoms. The van der Waals surface area contributed by atoms with Crippen LogP contribution in [0.1, 0.15) is 166 Å². The van der Waals surface area contributed by atoms with E-state index >= 15 is 0 Å². The van der Waals surface area contributed by atoms with Crippen LogP contribution >= 0.6 is 0 Å². The van der Waals surface area contributed by atoms with Crippen molar-refractivity contribution in [1.82, 2.24) is 0 Å². The zero-order valence-electron chi connectivity index (χ0n) is 32.0. The molecule has 0 fully saturated rings. The summed E-state index contributed by atoms with van der Waals surface area (Å²) in [5.41, 5.74) is 6.63. The van der Waals surface area contributed by atoms with Crippen molar-refractivity contribution in [3.63, 3.8) is 0 Å². The van der Waals surface area contributed by atoms with Crippen LogP contribution in [0.2, 0.25) is 0 Å². The van der Waals surface area contributed by atoms with Gasteiger partial charge in [-0.2, -0.15) is 0 Å². The van der Waals surface area contributed by atoms with Gasteiger partial charge in [0.05, 0.1) is 0 Å². The van der Waals surface area contributed by atoms with Gasteiger partial charge >= 0.3 is 0 Å². The molecule has 2 unspecified atom stereocenters. The molecule has 2 atom stereocenters. The highest BCUT2D eigenvalue weighted by molar-refractivity contribution is 5.64. The third-order valence-electron chi connectivity index (χ3n) is 11.0. The molecule has 3 nitrogen and oxygen atoms in total. The van der Waals surface area contributed by atoms with Gasteiger partial charge in [-0.3, -0.25) is 0 Å². The number of hydrogen-bond donors (Lipinski definition) is 3. The second-order valence-corrected chi connectivity index (χ2v) is 18.0. The molecule has 0 aliphatic heterocycles. The van der Waals surface area contributed by atoms with Crippen LogP contribution in [0.15, 0.2) is 49.6 Å². The SMILES string of the molecule is C=Cc1cc(C(C)(C)C)cc(C(C)C(C)(C)c2cc(C(C)(C)C)cc(C(C)C(C)(C)c3cc(C(C)(C)C)cc(C=C)c3O)c2O)c1O. The Labute approximate surface area is 286 Å². The molecule has 0 spiro atoms. The van der Waals surface area contributed by atoms with Gasteiger partial charge in [0.2, 0.25) is 0 Å². The maximum Gasteiger partial charge on any atom is 0.126 e. The summed E-state index contributed by atoms with van der Waals surface area (Å²) in [5.74, 6) is 0.419. The van der Waals surface area contributed by atoms with Gasteiger partial charge in [-0.25, -0.2) is 0 Å². The summed E-state index contributed by atoms with van der Waals surface area (Å²) in [7, 11) is 0. The Balaban J connectivity index is 2.34. The van der Waals surface area contributed by atoms with E-state index in [0.717, 1.165) is 44.5 Å². The van der Waals surface area contributed by atoms with E-state index in [0.29, 0.717) is 5.56 Å². The Morgan fingerprint density at radius 1 is 0.468 bits per heavy atom. The van der Waals surface area contributed by atoms with Crippen LogP contribution in [0.3, 0.4) is 0 Å². The number of rotatable bonds is 8. The van der Waals surface area contributed by atoms with Gasteiger partial charge in [0.1, 0.15) is 17.2 Å². The van der Waals surface area contributed by atoms with Gasteiger partial charge in [-0.15, -0.1) is 0 Å². The fourth-order valence-electron chi connectivity index (χ4n) is 6.49. The van der Waals surface area contributed by atoms with Crippen LogP contribution in [0.5, 0.6) is 17.2 Å². The van der Waals surface area contributed by atoms with Crippen molar-refractivity contribution < 1.29 is 15.3 Å². The summed E-state index contributed by atoms with van der Waals surface area (Å²) < 4.78 is 0. The third-order valence-corrected chi connectivity index (χ3v) is 11.0. The van der Waals surface area contributed by atoms with Crippen LogP contribution in [0.25, 0.3) is 12.2 Å². The molecule has 0 saturated heterocycles. The largest absolute Gasteiger partial charge is 0.507 e. The molecule has 256 valence electrons. The molecule has 3 rings (SSSR count). The summed E-state index contributed by atoms with van der Waals surface area (Å²) in [6, 6.07) is 12.6. The lowest BCUT2D eigenvalue weighted by atomic mass is 9.65. The number of phenols is 3. The molecule has 0 heterocycles. The highest BCUT2D eigenvalue weighted by Gasteiger charge is 2.40. The zero-order chi connectivity index (χ0) is 36.2. The maximum absolute atomic E-state index is 12.3. The summed E-state index contributed by atoms with van der Waals surface area (Å²) in [5, 5.41) is 35.3. The Bertz CT molecular complexity index is 1660. The summed E-state index contributed by atoms with van der Waals surface area (Å²) >= 11 is 0. The average molecular weight is 639 g/mol. The van der Waals surface area contributed by atoms with Gasteiger partial charge in [0, 0.05) is 33.1 Å². The Hall–Kier alpha value is -3.46. The van der Waals surface area contributed by atoms with E-state index in [9.17, 15) is 15.3 Å². The summed E-state index contributed by atoms with van der Waals surface area (Å²) in [6.45, 7) is 40.5. The van der Waals surface area contributed by atoms with E-state index in [1.165, 1.54) is 0 Å². The summed E-state index contributed by atoms with van der Waals surface area (Å²) in [6.07, 6.45) is 3.44. The fraction of sp³-hybridized carbons (Fsp3) is 0.500. The topological polar surface area (TPSA) is 60.7 Å². The van der Waals surface area contributed by atoms with Crippen molar-refractivity contribution in [2.45, 2.75) is 143 Å². The molecule has 3 N–H and O–H groups in total. The van der Waals surface area contributed by atoms with Gasteiger partial charge in [0.25, 0.3) is 0 Å². The number of phenolic OH excluding ortho intramolecular Hbond substituents is 3. The van der Waals surface area contributed by atoms with Crippen molar-refractivity contribution in [2.24, 2.45) is 0 Å². The van der Waals surface area contributed by atoms with Crippen molar-refractivity contribution in [2.75, 3.05) is 0 Å². The molecule has 0 aliphatic rings. The van der Waals surface area contributed by atoms with Crippen molar-refractivity contribution in [3.8, 4) is 17.2 Å². The molecular formula is C44H62O3. The molecule has 0 aromatic heterocycles. The predicted molar refractivity (Wildman–Crippen MR) is 203 cm³/mol. The third kappa shape index (κ3) is 7.20. The van der Waals surface area contributed by atoms with Crippen LogP contribution < -0.4 is 0 Å². The van der Waals surface area contributed by atoms with Gasteiger partial charge < -0.3 is 15.3 Å². The lowest BCUT2D eigenvalue weighted by molar-refractivity contribution is 0.362. The monoisotopic (exact) mass is 638 g/mol. The fourth-order valence-corrected chi connectivity index (χ4v) is 6.49. The minimum absolute atomic E-state index is 0.117. The standard InChI is InChI=1S/C44H62O3/c1-18-28-20-30(40(5,6)7)22-33(37(28)45)26(3)44(16,17)36-25-32(42(11,12)13)23-34(39(36)47)27(4)43(14,15)35-24-31(41(8,9)10)21-29(19-2)38(35)46/h18-27,45-47H,1-2H2,3-17H3. The minimum atomic E-state index is -0.569. The number of hydrogen-bond acceptors (Lipinski definition) is 3. The minimum Gasteiger partial charge on any atom is -0.507 e. The maximum atomic E-state index is 12.3. The van der Waals surface area contributed by atoms with Gasteiger partial charge in [0.15, 0.2) is 0 Å². The Morgan fingerprint density at radius 3 is 1.13 bits per heavy atom. The van der Waals surface area contributed by atoms with Gasteiger partial charge in [-0.1, -0.05) is 153 Å².